The van der Waals surface area contributed by atoms with Crippen LogP contribution in [0.3, 0.4) is 0 Å². The Bertz CT molecular complexity index is 3900. The number of benzene rings is 11. The molecule has 2 aromatic heterocycles. The number of rotatable bonds is 7. The summed E-state index contributed by atoms with van der Waals surface area (Å²) in [5.41, 5.74) is 15.4. The van der Waals surface area contributed by atoms with Gasteiger partial charge in [0.2, 0.25) is 0 Å². The molecule has 0 atom stereocenters. The first-order valence-electron chi connectivity index (χ1n) is 22.2. The largest absolute Gasteiger partial charge is 0.456 e. The van der Waals surface area contributed by atoms with Crippen LogP contribution in [0.1, 0.15) is 0 Å². The highest BCUT2D eigenvalue weighted by atomic mass is 16.3. The monoisotopic (exact) mass is 828 g/mol. The van der Waals surface area contributed by atoms with E-state index >= 15 is 0 Å². The lowest BCUT2D eigenvalue weighted by Crippen LogP contribution is -2.11. The highest BCUT2D eigenvalue weighted by molar-refractivity contribution is 6.11. The minimum absolute atomic E-state index is 0.879. The average Bonchev–Trinajstić information content (AvgIpc) is 3.92. The molecule has 0 aliphatic heterocycles. The van der Waals surface area contributed by atoms with Crippen molar-refractivity contribution in [2.45, 2.75) is 0 Å². The van der Waals surface area contributed by atoms with E-state index < -0.39 is 0 Å². The Morgan fingerprint density at radius 1 is 0.308 bits per heavy atom. The van der Waals surface area contributed by atoms with Gasteiger partial charge in [0.15, 0.2) is 0 Å². The Labute approximate surface area is 376 Å². The molecule has 11 aromatic carbocycles. The molecule has 0 fully saturated rings. The predicted octanol–water partition coefficient (Wildman–Crippen LogP) is 17.5. The second-order valence-corrected chi connectivity index (χ2v) is 16.9. The van der Waals surface area contributed by atoms with Gasteiger partial charge >= 0.3 is 0 Å². The molecule has 0 bridgehead atoms. The van der Waals surface area contributed by atoms with Gasteiger partial charge in [0.25, 0.3) is 0 Å². The van der Waals surface area contributed by atoms with Crippen LogP contribution in [0.5, 0.6) is 0 Å². The van der Waals surface area contributed by atoms with Gasteiger partial charge in [-0.2, -0.15) is 0 Å². The summed E-state index contributed by atoms with van der Waals surface area (Å²) in [5.74, 6) is 0. The van der Waals surface area contributed by atoms with E-state index in [9.17, 15) is 0 Å². The van der Waals surface area contributed by atoms with Crippen molar-refractivity contribution in [1.82, 2.24) is 4.57 Å². The molecule has 0 spiro atoms. The van der Waals surface area contributed by atoms with Crippen LogP contribution < -0.4 is 4.90 Å². The first-order chi connectivity index (χ1) is 32.2. The quantitative estimate of drug-likeness (QED) is 0.149. The number of para-hydroxylation sites is 5. The van der Waals surface area contributed by atoms with Gasteiger partial charge < -0.3 is 13.9 Å². The van der Waals surface area contributed by atoms with E-state index in [1.807, 2.05) is 12.1 Å². The zero-order chi connectivity index (χ0) is 42.8. The molecular formula is C62H40N2O. The maximum absolute atomic E-state index is 6.41. The molecule has 3 heteroatoms. The summed E-state index contributed by atoms with van der Waals surface area (Å²) in [6, 6.07) is 87.8. The zero-order valence-corrected chi connectivity index (χ0v) is 35.4. The minimum Gasteiger partial charge on any atom is -0.456 e. The van der Waals surface area contributed by atoms with E-state index in [1.165, 1.54) is 60.0 Å². The lowest BCUT2D eigenvalue weighted by Gasteiger charge is -2.28. The molecule has 2 heterocycles. The molecule has 0 amide bonds. The van der Waals surface area contributed by atoms with Crippen molar-refractivity contribution < 1.29 is 4.42 Å². The van der Waals surface area contributed by atoms with E-state index in [2.05, 4.69) is 240 Å². The fraction of sp³-hybridized carbons (Fsp3) is 0. The van der Waals surface area contributed by atoms with Crippen LogP contribution >= 0.6 is 0 Å². The second kappa shape index (κ2) is 15.0. The van der Waals surface area contributed by atoms with Gasteiger partial charge in [-0.25, -0.2) is 0 Å². The topological polar surface area (TPSA) is 21.3 Å². The number of hydrogen-bond acceptors (Lipinski definition) is 2. The molecule has 304 valence electrons. The van der Waals surface area contributed by atoms with E-state index in [-0.39, 0.29) is 0 Å². The Balaban J connectivity index is 0.936. The van der Waals surface area contributed by atoms with E-state index in [1.54, 1.807) is 0 Å². The maximum atomic E-state index is 6.41. The summed E-state index contributed by atoms with van der Waals surface area (Å²) in [4.78, 5) is 2.39. The summed E-state index contributed by atoms with van der Waals surface area (Å²) in [6.45, 7) is 0. The Morgan fingerprint density at radius 3 is 1.60 bits per heavy atom. The number of anilines is 3. The normalized spacial score (nSPS) is 11.7. The summed E-state index contributed by atoms with van der Waals surface area (Å²) >= 11 is 0. The Kier molecular flexibility index (Phi) is 8.53. The van der Waals surface area contributed by atoms with Gasteiger partial charge in [-0.15, -0.1) is 0 Å². The lowest BCUT2D eigenvalue weighted by atomic mass is 9.97. The number of aromatic nitrogens is 1. The third-order valence-corrected chi connectivity index (χ3v) is 13.2. The highest BCUT2D eigenvalue weighted by Gasteiger charge is 2.20. The van der Waals surface area contributed by atoms with Crippen molar-refractivity contribution >= 4 is 82.4 Å². The molecule has 0 aliphatic carbocycles. The lowest BCUT2D eigenvalue weighted by molar-refractivity contribution is 0.669. The molecule has 65 heavy (non-hydrogen) atoms. The number of hydrogen-bond donors (Lipinski definition) is 0. The molecular weight excluding hydrogens is 789 g/mol. The molecule has 0 unspecified atom stereocenters. The van der Waals surface area contributed by atoms with Gasteiger partial charge in [0.1, 0.15) is 11.2 Å². The molecule has 13 rings (SSSR count). The van der Waals surface area contributed by atoms with Gasteiger partial charge in [-0.3, -0.25) is 0 Å². The van der Waals surface area contributed by atoms with Crippen LogP contribution in [0, 0.1) is 0 Å². The minimum atomic E-state index is 0.879. The molecule has 0 radical (unpaired) electrons. The number of nitrogens with zero attached hydrogens (tertiary/aromatic N) is 2. The molecule has 0 saturated carbocycles. The van der Waals surface area contributed by atoms with Crippen molar-refractivity contribution in [3.05, 3.63) is 243 Å². The van der Waals surface area contributed by atoms with Crippen LogP contribution in [-0.2, 0) is 0 Å². The van der Waals surface area contributed by atoms with Crippen LogP contribution in [0.4, 0.5) is 17.1 Å². The Hall–Kier alpha value is -8.66. The van der Waals surface area contributed by atoms with Crippen molar-refractivity contribution in [1.29, 1.82) is 0 Å². The van der Waals surface area contributed by atoms with Crippen LogP contribution in [0.15, 0.2) is 247 Å². The predicted molar refractivity (Wildman–Crippen MR) is 274 cm³/mol. The summed E-state index contributed by atoms with van der Waals surface area (Å²) < 4.78 is 8.82. The average molecular weight is 829 g/mol. The van der Waals surface area contributed by atoms with Crippen LogP contribution in [0.2, 0.25) is 0 Å². The van der Waals surface area contributed by atoms with Crippen molar-refractivity contribution in [2.75, 3.05) is 4.90 Å². The van der Waals surface area contributed by atoms with E-state index in [0.29, 0.717) is 0 Å². The van der Waals surface area contributed by atoms with E-state index in [0.717, 1.165) is 61.4 Å². The fourth-order valence-corrected chi connectivity index (χ4v) is 10.1. The molecule has 13 aromatic rings. The Morgan fingerprint density at radius 2 is 0.831 bits per heavy atom. The van der Waals surface area contributed by atoms with Crippen LogP contribution in [0.25, 0.3) is 104 Å². The highest BCUT2D eigenvalue weighted by Crippen LogP contribution is 2.44. The third kappa shape index (κ3) is 6.12. The third-order valence-electron chi connectivity index (χ3n) is 13.2. The molecule has 0 N–H and O–H groups in total. The van der Waals surface area contributed by atoms with Gasteiger partial charge in [0, 0.05) is 44.0 Å². The van der Waals surface area contributed by atoms with Gasteiger partial charge in [0.05, 0.1) is 22.4 Å². The summed E-state index contributed by atoms with van der Waals surface area (Å²) in [6.07, 6.45) is 0. The standard InChI is InChI=1S/C62H40N2O/c1-2-14-49-42(13-1)25-26-45-39-44(31-37-50(45)49)41-27-33-47(34-28-41)63(57-20-8-4-16-52(57)46-32-38-56-55-19-7-12-24-61(55)65-62(56)40-46)48-35-29-43(30-36-48)51-15-3-9-21-58(51)64-59-22-10-5-17-53(59)54-18-6-11-23-60(54)64/h1-40H. The molecule has 0 saturated heterocycles. The number of furan rings is 1. The van der Waals surface area contributed by atoms with Gasteiger partial charge in [-0.1, -0.05) is 170 Å². The van der Waals surface area contributed by atoms with Crippen molar-refractivity contribution in [2.24, 2.45) is 0 Å². The van der Waals surface area contributed by atoms with Crippen molar-refractivity contribution in [3.8, 4) is 39.1 Å². The van der Waals surface area contributed by atoms with Crippen molar-refractivity contribution in [3.63, 3.8) is 0 Å². The van der Waals surface area contributed by atoms with Crippen LogP contribution in [-0.4, -0.2) is 4.57 Å². The maximum Gasteiger partial charge on any atom is 0.136 e. The first-order valence-corrected chi connectivity index (χ1v) is 22.2. The first kappa shape index (κ1) is 36.9. The zero-order valence-electron chi connectivity index (χ0n) is 35.4. The van der Waals surface area contributed by atoms with E-state index in [4.69, 9.17) is 4.42 Å². The SMILES string of the molecule is c1ccc(N(c2ccc(-c3ccc4c(ccc5ccccc54)c3)cc2)c2ccc(-c3ccccc3-n3c4ccccc4c4ccccc43)cc2)c(-c2ccc3c(c2)oc2ccccc23)c1. The second-order valence-electron chi connectivity index (χ2n) is 16.9. The smallest absolute Gasteiger partial charge is 0.136 e. The fourth-order valence-electron chi connectivity index (χ4n) is 10.1. The molecule has 0 aliphatic rings. The molecule has 3 nitrogen and oxygen atoms in total. The van der Waals surface area contributed by atoms with Gasteiger partial charge in [-0.05, 0) is 117 Å². The summed E-state index contributed by atoms with van der Waals surface area (Å²) in [5, 5.41) is 9.80. The number of fused-ring (bicyclic) bond motifs is 9. The summed E-state index contributed by atoms with van der Waals surface area (Å²) in [7, 11) is 0.